The largest absolute Gasteiger partial charge is 0.399 e. The first-order chi connectivity index (χ1) is 5.88. The first-order valence-electron chi connectivity index (χ1n) is 3.43. The lowest BCUT2D eigenvalue weighted by atomic mass is 10.3. The Labute approximate surface area is 76.4 Å². The summed E-state index contributed by atoms with van der Waals surface area (Å²) in [4.78, 5) is 0. The molecular formula is C7H10N2O3S. The molecule has 5 nitrogen and oxygen atoms in total. The molecule has 0 radical (unpaired) electrons. The van der Waals surface area contributed by atoms with Crippen molar-refractivity contribution in [3.05, 3.63) is 18.2 Å². The molecule has 0 atom stereocenters. The van der Waals surface area contributed by atoms with Gasteiger partial charge in [0.05, 0.1) is 11.9 Å². The van der Waals surface area contributed by atoms with E-state index in [2.05, 4.69) is 4.18 Å². The topological polar surface area (TPSA) is 95.4 Å². The molecular weight excluding hydrogens is 192 g/mol. The Balaban J connectivity index is 3.08. The van der Waals surface area contributed by atoms with Crippen molar-refractivity contribution in [2.24, 2.45) is 0 Å². The standard InChI is InChI=1S/C7H10N2O3S/c1-13(10,11)12-7-4-5(8)2-3-6(7)9/h2-4H,8-9H2,1H3. The third-order valence-electron chi connectivity index (χ3n) is 1.28. The minimum atomic E-state index is -3.55. The highest BCUT2D eigenvalue weighted by Gasteiger charge is 2.07. The molecule has 0 aliphatic heterocycles. The second-order valence-corrected chi connectivity index (χ2v) is 4.16. The first kappa shape index (κ1) is 9.66. The molecule has 0 fully saturated rings. The zero-order chi connectivity index (χ0) is 10.1. The molecule has 4 N–H and O–H groups in total. The highest BCUT2D eigenvalue weighted by atomic mass is 32.2. The van der Waals surface area contributed by atoms with Crippen LogP contribution in [0.25, 0.3) is 0 Å². The van der Waals surface area contributed by atoms with Crippen molar-refractivity contribution in [2.75, 3.05) is 17.7 Å². The van der Waals surface area contributed by atoms with E-state index in [4.69, 9.17) is 11.5 Å². The summed E-state index contributed by atoms with van der Waals surface area (Å²) in [6.45, 7) is 0. The van der Waals surface area contributed by atoms with Crippen molar-refractivity contribution >= 4 is 21.5 Å². The van der Waals surface area contributed by atoms with E-state index < -0.39 is 10.1 Å². The molecule has 0 heterocycles. The molecule has 0 aliphatic carbocycles. The molecule has 0 saturated heterocycles. The van der Waals surface area contributed by atoms with Gasteiger partial charge < -0.3 is 15.7 Å². The number of rotatable bonds is 2. The van der Waals surface area contributed by atoms with Gasteiger partial charge in [0.15, 0.2) is 5.75 Å². The Bertz CT molecular complexity index is 414. The number of benzene rings is 1. The maximum absolute atomic E-state index is 10.7. The van der Waals surface area contributed by atoms with Crippen molar-refractivity contribution in [2.45, 2.75) is 0 Å². The smallest absolute Gasteiger partial charge is 0.306 e. The Morgan fingerprint density at radius 3 is 2.46 bits per heavy atom. The summed E-state index contributed by atoms with van der Waals surface area (Å²) < 4.78 is 26.1. The normalized spacial score (nSPS) is 11.2. The fourth-order valence-electron chi connectivity index (χ4n) is 0.786. The van der Waals surface area contributed by atoms with Gasteiger partial charge in [0.25, 0.3) is 0 Å². The van der Waals surface area contributed by atoms with E-state index in [0.29, 0.717) is 5.69 Å². The van der Waals surface area contributed by atoms with E-state index >= 15 is 0 Å². The number of hydrogen-bond donors (Lipinski definition) is 2. The molecule has 1 aromatic carbocycles. The van der Waals surface area contributed by atoms with Gasteiger partial charge in [-0.15, -0.1) is 0 Å². The van der Waals surface area contributed by atoms with Crippen molar-refractivity contribution in [1.82, 2.24) is 0 Å². The summed E-state index contributed by atoms with van der Waals surface area (Å²) in [5, 5.41) is 0. The van der Waals surface area contributed by atoms with Gasteiger partial charge in [-0.25, -0.2) is 0 Å². The van der Waals surface area contributed by atoms with Crippen LogP contribution in [0.3, 0.4) is 0 Å². The average molecular weight is 202 g/mol. The molecule has 0 aromatic heterocycles. The molecule has 1 rings (SSSR count). The van der Waals surface area contributed by atoms with Crippen LogP contribution in [0.2, 0.25) is 0 Å². The monoisotopic (exact) mass is 202 g/mol. The molecule has 0 spiro atoms. The summed E-state index contributed by atoms with van der Waals surface area (Å²) in [6.07, 6.45) is 0.940. The van der Waals surface area contributed by atoms with E-state index in [1.54, 1.807) is 6.07 Å². The van der Waals surface area contributed by atoms with Crippen LogP contribution < -0.4 is 15.7 Å². The van der Waals surface area contributed by atoms with E-state index in [1.807, 2.05) is 0 Å². The predicted octanol–water partition coefficient (Wildman–Crippen LogP) is 0.189. The van der Waals surface area contributed by atoms with E-state index in [1.165, 1.54) is 12.1 Å². The summed E-state index contributed by atoms with van der Waals surface area (Å²) in [6, 6.07) is 4.40. The third-order valence-corrected chi connectivity index (χ3v) is 1.76. The van der Waals surface area contributed by atoms with Crippen molar-refractivity contribution in [1.29, 1.82) is 0 Å². The molecule has 0 unspecified atom stereocenters. The van der Waals surface area contributed by atoms with Gasteiger partial charge in [0.1, 0.15) is 0 Å². The van der Waals surface area contributed by atoms with Crippen LogP contribution in [0.15, 0.2) is 18.2 Å². The fraction of sp³-hybridized carbons (Fsp3) is 0.143. The summed E-state index contributed by atoms with van der Waals surface area (Å²) >= 11 is 0. The maximum Gasteiger partial charge on any atom is 0.306 e. The molecule has 0 aliphatic rings. The van der Waals surface area contributed by atoms with Gasteiger partial charge in [-0.05, 0) is 12.1 Å². The zero-order valence-corrected chi connectivity index (χ0v) is 7.84. The van der Waals surface area contributed by atoms with Gasteiger partial charge in [-0.3, -0.25) is 0 Å². The Morgan fingerprint density at radius 2 is 1.92 bits per heavy atom. The highest BCUT2D eigenvalue weighted by molar-refractivity contribution is 7.86. The molecule has 0 amide bonds. The molecule has 13 heavy (non-hydrogen) atoms. The van der Waals surface area contributed by atoms with Crippen LogP contribution in [0.5, 0.6) is 5.75 Å². The van der Waals surface area contributed by atoms with E-state index in [9.17, 15) is 8.42 Å². The van der Waals surface area contributed by atoms with E-state index in [-0.39, 0.29) is 11.4 Å². The van der Waals surface area contributed by atoms with Crippen LogP contribution >= 0.6 is 0 Å². The highest BCUT2D eigenvalue weighted by Crippen LogP contribution is 2.24. The van der Waals surface area contributed by atoms with Crippen LogP contribution in [0.1, 0.15) is 0 Å². The van der Waals surface area contributed by atoms with E-state index in [0.717, 1.165) is 6.26 Å². The van der Waals surface area contributed by atoms with Gasteiger partial charge in [-0.1, -0.05) is 0 Å². The maximum atomic E-state index is 10.7. The summed E-state index contributed by atoms with van der Waals surface area (Å²) in [5.74, 6) is 0.0579. The van der Waals surface area contributed by atoms with Crippen molar-refractivity contribution in [3.8, 4) is 5.75 Å². The minimum Gasteiger partial charge on any atom is -0.399 e. The molecule has 1 aromatic rings. The van der Waals surface area contributed by atoms with Gasteiger partial charge in [-0.2, -0.15) is 8.42 Å². The molecule has 0 saturated carbocycles. The molecule has 0 bridgehead atoms. The Hall–Kier alpha value is -1.43. The van der Waals surface area contributed by atoms with Gasteiger partial charge in [0, 0.05) is 11.8 Å². The van der Waals surface area contributed by atoms with Crippen LogP contribution in [-0.4, -0.2) is 14.7 Å². The van der Waals surface area contributed by atoms with Crippen molar-refractivity contribution < 1.29 is 12.6 Å². The summed E-state index contributed by atoms with van der Waals surface area (Å²) in [7, 11) is -3.55. The fourth-order valence-corrected chi connectivity index (χ4v) is 1.26. The first-order valence-corrected chi connectivity index (χ1v) is 5.24. The Morgan fingerprint density at radius 1 is 1.31 bits per heavy atom. The summed E-state index contributed by atoms with van der Waals surface area (Å²) in [5.41, 5.74) is 11.5. The average Bonchev–Trinajstić information content (AvgIpc) is 1.94. The Kier molecular flexibility index (Phi) is 2.33. The number of nitrogen functional groups attached to an aromatic ring is 2. The van der Waals surface area contributed by atoms with Crippen molar-refractivity contribution in [3.63, 3.8) is 0 Å². The third kappa shape index (κ3) is 2.83. The van der Waals surface area contributed by atoms with Crippen LogP contribution in [0.4, 0.5) is 11.4 Å². The van der Waals surface area contributed by atoms with Gasteiger partial charge in [0.2, 0.25) is 0 Å². The lowest BCUT2D eigenvalue weighted by Gasteiger charge is -2.06. The predicted molar refractivity (Wildman–Crippen MR) is 50.7 cm³/mol. The molecule has 72 valence electrons. The lowest BCUT2D eigenvalue weighted by Crippen LogP contribution is -2.07. The second kappa shape index (κ2) is 3.14. The SMILES string of the molecule is CS(=O)(=O)Oc1cc(N)ccc1N. The minimum absolute atomic E-state index is 0.0579. The number of anilines is 2. The number of hydrogen-bond acceptors (Lipinski definition) is 5. The number of nitrogens with two attached hydrogens (primary N) is 2. The molecule has 6 heteroatoms. The lowest BCUT2D eigenvalue weighted by molar-refractivity contribution is 0.494. The quantitative estimate of drug-likeness (QED) is 0.527. The van der Waals surface area contributed by atoms with Crippen LogP contribution in [0, 0.1) is 0 Å². The zero-order valence-electron chi connectivity index (χ0n) is 7.02. The van der Waals surface area contributed by atoms with Gasteiger partial charge >= 0.3 is 10.1 Å². The van der Waals surface area contributed by atoms with Crippen LogP contribution in [-0.2, 0) is 10.1 Å². The second-order valence-electron chi connectivity index (χ2n) is 2.58.